The Hall–Kier alpha value is -1.99. The van der Waals surface area contributed by atoms with Crippen LogP contribution in [0.1, 0.15) is 17.9 Å². The van der Waals surface area contributed by atoms with Gasteiger partial charge in [0.1, 0.15) is 12.4 Å². The minimum absolute atomic E-state index is 0.0307. The van der Waals surface area contributed by atoms with Gasteiger partial charge in [-0.1, -0.05) is 6.07 Å². The molecule has 1 aromatic rings. The fraction of sp³-hybridized carbons (Fsp3) is 0.294. The van der Waals surface area contributed by atoms with Gasteiger partial charge in [0.2, 0.25) is 0 Å². The predicted octanol–water partition coefficient (Wildman–Crippen LogP) is 2.33. The van der Waals surface area contributed by atoms with Crippen LogP contribution in [-0.2, 0) is 19.1 Å². The van der Waals surface area contributed by atoms with Crippen molar-refractivity contribution >= 4 is 27.7 Å². The maximum Gasteiger partial charge on any atom is 0.336 e. The number of ether oxygens (including phenoxy) is 2. The van der Waals surface area contributed by atoms with E-state index in [4.69, 9.17) is 9.47 Å². The predicted molar refractivity (Wildman–Crippen MR) is 85.4 cm³/mol. The molecule has 24 heavy (non-hydrogen) atoms. The summed E-state index contributed by atoms with van der Waals surface area (Å²) in [5.74, 6) is -1.60. The van der Waals surface area contributed by atoms with E-state index in [1.54, 1.807) is 12.1 Å². The summed E-state index contributed by atoms with van der Waals surface area (Å²) in [4.78, 5) is 24.8. The van der Waals surface area contributed by atoms with E-state index in [1.807, 2.05) is 0 Å². The van der Waals surface area contributed by atoms with E-state index in [2.05, 4.69) is 21.2 Å². The molecule has 0 aromatic heterocycles. The fourth-order valence-electron chi connectivity index (χ4n) is 3.36. The molecule has 0 saturated heterocycles. The van der Waals surface area contributed by atoms with E-state index in [0.717, 1.165) is 5.70 Å². The lowest BCUT2D eigenvalue weighted by atomic mass is 9.77. The van der Waals surface area contributed by atoms with Crippen molar-refractivity contribution in [3.8, 4) is 0 Å². The summed E-state index contributed by atoms with van der Waals surface area (Å²) >= 11 is 3.17. The van der Waals surface area contributed by atoms with Gasteiger partial charge in [-0.15, -0.1) is 0 Å². The highest BCUT2D eigenvalue weighted by Crippen LogP contribution is 2.42. The molecule has 0 radical (unpaired) electrons. The van der Waals surface area contributed by atoms with Crippen LogP contribution in [0.4, 0.5) is 4.39 Å². The largest absolute Gasteiger partial charge is 0.462 e. The molecular weight excluding hydrogens is 381 g/mol. The molecule has 0 saturated carbocycles. The second-order valence-electron chi connectivity index (χ2n) is 5.82. The second-order valence-corrected chi connectivity index (χ2v) is 6.67. The zero-order valence-corrected chi connectivity index (χ0v) is 14.1. The van der Waals surface area contributed by atoms with Crippen molar-refractivity contribution < 1.29 is 23.5 Å². The van der Waals surface area contributed by atoms with Crippen LogP contribution in [0.25, 0.3) is 0 Å². The lowest BCUT2D eigenvalue weighted by Crippen LogP contribution is -2.40. The molecule has 0 aliphatic carbocycles. The monoisotopic (exact) mass is 393 g/mol. The van der Waals surface area contributed by atoms with Crippen LogP contribution in [0.15, 0.2) is 45.2 Å². The number of halogens is 2. The lowest BCUT2D eigenvalue weighted by Gasteiger charge is -2.36. The smallest absolute Gasteiger partial charge is 0.336 e. The van der Waals surface area contributed by atoms with Crippen molar-refractivity contribution in [2.24, 2.45) is 0 Å². The minimum atomic E-state index is -0.572. The quantitative estimate of drug-likeness (QED) is 0.741. The highest BCUT2D eigenvalue weighted by atomic mass is 79.9. The van der Waals surface area contributed by atoms with Crippen LogP contribution < -0.4 is 5.32 Å². The average molecular weight is 394 g/mol. The molecular formula is C17H13BrFNO4. The van der Waals surface area contributed by atoms with Gasteiger partial charge in [0, 0.05) is 29.3 Å². The molecule has 3 heterocycles. The number of carbonyl (C=O) groups excluding carboxylic acids is 2. The van der Waals surface area contributed by atoms with Gasteiger partial charge in [-0.3, -0.25) is 4.79 Å². The lowest BCUT2D eigenvalue weighted by molar-refractivity contribution is -0.140. The topological polar surface area (TPSA) is 64.6 Å². The Morgan fingerprint density at radius 3 is 2.79 bits per heavy atom. The Morgan fingerprint density at radius 1 is 1.17 bits per heavy atom. The zero-order valence-electron chi connectivity index (χ0n) is 12.5. The minimum Gasteiger partial charge on any atom is -0.462 e. The third kappa shape index (κ3) is 2.39. The van der Waals surface area contributed by atoms with E-state index in [9.17, 15) is 14.0 Å². The van der Waals surface area contributed by atoms with Crippen molar-refractivity contribution in [1.29, 1.82) is 0 Å². The molecule has 1 N–H and O–H groups in total. The molecule has 4 rings (SSSR count). The Kier molecular flexibility index (Phi) is 3.77. The van der Waals surface area contributed by atoms with Crippen LogP contribution in [0.5, 0.6) is 0 Å². The number of carbonyl (C=O) groups is 2. The van der Waals surface area contributed by atoms with Crippen molar-refractivity contribution in [3.05, 3.63) is 56.6 Å². The number of dihydropyridines is 1. The van der Waals surface area contributed by atoms with Gasteiger partial charge in [0.05, 0.1) is 23.3 Å². The average Bonchev–Trinajstić information content (AvgIpc) is 2.56. The van der Waals surface area contributed by atoms with Gasteiger partial charge < -0.3 is 14.8 Å². The highest BCUT2D eigenvalue weighted by Gasteiger charge is 2.41. The Morgan fingerprint density at radius 2 is 2.00 bits per heavy atom. The van der Waals surface area contributed by atoms with Gasteiger partial charge in [-0.25, -0.2) is 9.18 Å². The van der Waals surface area contributed by atoms with Gasteiger partial charge in [0.15, 0.2) is 5.78 Å². The molecule has 124 valence electrons. The molecule has 1 atom stereocenters. The second kappa shape index (κ2) is 5.82. The molecule has 0 bridgehead atoms. The number of Topliss-reactive ketones (excluding diaryl/α,β-unsaturated/α-hetero) is 1. The Balaban J connectivity index is 1.92. The molecule has 1 unspecified atom stereocenters. The molecule has 7 heteroatoms. The van der Waals surface area contributed by atoms with Crippen LogP contribution >= 0.6 is 15.9 Å². The first-order chi connectivity index (χ1) is 11.6. The van der Waals surface area contributed by atoms with Crippen LogP contribution in [0.3, 0.4) is 0 Å². The van der Waals surface area contributed by atoms with Crippen molar-refractivity contribution in [2.75, 3.05) is 19.8 Å². The summed E-state index contributed by atoms with van der Waals surface area (Å²) in [6.07, 6.45) is 0.547. The van der Waals surface area contributed by atoms with Crippen molar-refractivity contribution in [3.63, 3.8) is 0 Å². The SMILES string of the molecule is O=C1COCC2=C1C(c1ccc(F)c(Br)c1)C1=C(CCOC1=O)N2. The summed E-state index contributed by atoms with van der Waals surface area (Å²) in [7, 11) is 0. The first-order valence-corrected chi connectivity index (χ1v) is 8.31. The molecule has 0 amide bonds. The molecule has 5 nitrogen and oxygen atoms in total. The summed E-state index contributed by atoms with van der Waals surface area (Å²) in [6, 6.07) is 4.51. The van der Waals surface area contributed by atoms with Crippen LogP contribution in [-0.4, -0.2) is 31.6 Å². The number of benzene rings is 1. The molecule has 1 aromatic carbocycles. The number of nitrogens with one attached hydrogen (secondary N) is 1. The number of hydrogen-bond donors (Lipinski definition) is 1. The summed E-state index contributed by atoms with van der Waals surface area (Å²) in [5.41, 5.74) is 3.00. The third-order valence-corrected chi connectivity index (χ3v) is 5.00. The summed E-state index contributed by atoms with van der Waals surface area (Å²) in [5, 5.41) is 3.17. The van der Waals surface area contributed by atoms with E-state index in [-0.39, 0.29) is 23.5 Å². The van der Waals surface area contributed by atoms with Gasteiger partial charge >= 0.3 is 5.97 Å². The van der Waals surface area contributed by atoms with Gasteiger partial charge in [-0.05, 0) is 33.6 Å². The fourth-order valence-corrected chi connectivity index (χ4v) is 3.76. The molecule has 0 fully saturated rings. The third-order valence-electron chi connectivity index (χ3n) is 4.39. The van der Waals surface area contributed by atoms with E-state index >= 15 is 0 Å². The maximum atomic E-state index is 13.6. The number of ketones is 1. The summed E-state index contributed by atoms with van der Waals surface area (Å²) < 4.78 is 24.4. The number of rotatable bonds is 1. The Labute approximate surface area is 145 Å². The van der Waals surface area contributed by atoms with Crippen molar-refractivity contribution in [2.45, 2.75) is 12.3 Å². The molecule has 0 spiro atoms. The zero-order chi connectivity index (χ0) is 16.8. The normalized spacial score (nSPS) is 23.5. The van der Waals surface area contributed by atoms with Crippen LogP contribution in [0.2, 0.25) is 0 Å². The molecule has 3 aliphatic heterocycles. The van der Waals surface area contributed by atoms with Gasteiger partial charge in [0.25, 0.3) is 0 Å². The summed E-state index contributed by atoms with van der Waals surface area (Å²) in [6.45, 7) is 0.546. The first kappa shape index (κ1) is 15.5. The Bertz CT molecular complexity index is 788. The van der Waals surface area contributed by atoms with E-state index in [0.29, 0.717) is 35.4 Å². The highest BCUT2D eigenvalue weighted by molar-refractivity contribution is 9.10. The van der Waals surface area contributed by atoms with Gasteiger partial charge in [-0.2, -0.15) is 0 Å². The number of esters is 1. The molecule has 3 aliphatic rings. The van der Waals surface area contributed by atoms with E-state index < -0.39 is 17.7 Å². The maximum absolute atomic E-state index is 13.6. The standard InChI is InChI=1S/C17H13BrFNO4/c18-9-5-8(1-2-10(9)19)14-15-12(6-23-7-13(15)21)20-11-3-4-24-17(22)16(11)14/h1-2,5,14,20H,3-4,6-7H2. The number of hydrogen-bond acceptors (Lipinski definition) is 5. The first-order valence-electron chi connectivity index (χ1n) is 7.52. The van der Waals surface area contributed by atoms with Crippen molar-refractivity contribution in [1.82, 2.24) is 5.32 Å². The van der Waals surface area contributed by atoms with Crippen LogP contribution in [0, 0.1) is 5.82 Å². The van der Waals surface area contributed by atoms with E-state index in [1.165, 1.54) is 6.07 Å². The number of cyclic esters (lactones) is 1.